The summed E-state index contributed by atoms with van der Waals surface area (Å²) in [6.45, 7) is 1.82. The topological polar surface area (TPSA) is 114 Å². The first kappa shape index (κ1) is 16.4. The first-order chi connectivity index (χ1) is 12.5. The average molecular weight is 369 g/mol. The normalized spacial score (nSPS) is 11.9. The largest absolute Gasteiger partial charge is 0.356 e. The zero-order chi connectivity index (χ0) is 18.1. The van der Waals surface area contributed by atoms with Crippen LogP contribution in [0.4, 0.5) is 0 Å². The second kappa shape index (κ2) is 6.36. The summed E-state index contributed by atoms with van der Waals surface area (Å²) in [5.41, 5.74) is 2.48. The molecule has 0 aliphatic heterocycles. The molecule has 3 aromatic heterocycles. The number of benzene rings is 1. The minimum atomic E-state index is -3.73. The lowest BCUT2D eigenvalue weighted by molar-refractivity contribution is 0.432. The second-order valence-electron chi connectivity index (χ2n) is 5.76. The Kier molecular flexibility index (Phi) is 4.02. The maximum atomic E-state index is 12.8. The molecule has 26 heavy (non-hydrogen) atoms. The molecule has 4 aromatic rings. The number of H-pyrrole nitrogens is 1. The number of hydrogen-bond acceptors (Lipinski definition) is 6. The van der Waals surface area contributed by atoms with Gasteiger partial charge in [0.05, 0.1) is 23.3 Å². The van der Waals surface area contributed by atoms with Crippen molar-refractivity contribution in [2.75, 3.05) is 0 Å². The molecular weight excluding hydrogens is 354 g/mol. The molecule has 132 valence electrons. The van der Waals surface area contributed by atoms with Gasteiger partial charge in [0.1, 0.15) is 0 Å². The molecule has 4 rings (SSSR count). The van der Waals surface area contributed by atoms with Gasteiger partial charge < -0.3 is 4.52 Å². The van der Waals surface area contributed by atoms with Crippen LogP contribution < -0.4 is 4.72 Å². The minimum absolute atomic E-state index is 0.0799. The molecule has 0 amide bonds. The third-order valence-electron chi connectivity index (χ3n) is 4.05. The van der Waals surface area contributed by atoms with Crippen LogP contribution in [0, 0.1) is 6.92 Å². The van der Waals surface area contributed by atoms with Gasteiger partial charge in [0, 0.05) is 23.2 Å². The van der Waals surface area contributed by atoms with Gasteiger partial charge in [0.15, 0.2) is 11.4 Å². The van der Waals surface area contributed by atoms with Gasteiger partial charge in [0.25, 0.3) is 0 Å². The molecule has 0 unspecified atom stereocenters. The number of aromatic amines is 1. The molecular formula is C17H15N5O3S. The number of hydrogen-bond donors (Lipinski definition) is 2. The number of rotatable bonds is 5. The van der Waals surface area contributed by atoms with Crippen LogP contribution >= 0.6 is 0 Å². The molecule has 0 fully saturated rings. The van der Waals surface area contributed by atoms with Crippen molar-refractivity contribution < 1.29 is 12.9 Å². The highest BCUT2D eigenvalue weighted by atomic mass is 32.2. The summed E-state index contributed by atoms with van der Waals surface area (Å²) in [7, 11) is -3.73. The summed E-state index contributed by atoms with van der Waals surface area (Å²) in [5, 5.41) is 11.3. The lowest BCUT2D eigenvalue weighted by Crippen LogP contribution is -2.24. The van der Waals surface area contributed by atoms with Crippen LogP contribution in [0.25, 0.3) is 22.4 Å². The van der Waals surface area contributed by atoms with Gasteiger partial charge in [-0.1, -0.05) is 17.3 Å². The van der Waals surface area contributed by atoms with Crippen molar-refractivity contribution in [2.24, 2.45) is 0 Å². The van der Waals surface area contributed by atoms with Crippen molar-refractivity contribution in [3.05, 3.63) is 60.0 Å². The maximum Gasteiger partial charge on any atom is 0.241 e. The SMILES string of the molecule is Cc1ccc(-c2ccno2)cc1S(=O)(=O)NCc1[nH]nc2ncccc12. The van der Waals surface area contributed by atoms with Crippen molar-refractivity contribution in [2.45, 2.75) is 18.4 Å². The zero-order valence-electron chi connectivity index (χ0n) is 13.8. The summed E-state index contributed by atoms with van der Waals surface area (Å²) in [6, 6.07) is 10.4. The smallest absolute Gasteiger partial charge is 0.241 e. The molecule has 0 radical (unpaired) electrons. The summed E-state index contributed by atoms with van der Waals surface area (Å²) >= 11 is 0. The monoisotopic (exact) mass is 369 g/mol. The third kappa shape index (κ3) is 2.98. The molecule has 9 heteroatoms. The Hall–Kier alpha value is -3.04. The van der Waals surface area contributed by atoms with Gasteiger partial charge in [0.2, 0.25) is 10.0 Å². The highest BCUT2D eigenvalue weighted by molar-refractivity contribution is 7.89. The van der Waals surface area contributed by atoms with Crippen LogP contribution in [-0.4, -0.2) is 28.8 Å². The molecule has 0 saturated carbocycles. The Morgan fingerprint density at radius 1 is 1.19 bits per heavy atom. The number of nitrogens with zero attached hydrogens (tertiary/aromatic N) is 3. The molecule has 2 N–H and O–H groups in total. The highest BCUT2D eigenvalue weighted by Crippen LogP contribution is 2.25. The molecule has 1 aromatic carbocycles. The Bertz CT molecular complexity index is 1170. The van der Waals surface area contributed by atoms with E-state index in [1.165, 1.54) is 6.20 Å². The van der Waals surface area contributed by atoms with E-state index < -0.39 is 10.0 Å². The molecule has 0 aliphatic carbocycles. The first-order valence-corrected chi connectivity index (χ1v) is 9.32. The summed E-state index contributed by atoms with van der Waals surface area (Å²) in [6.07, 6.45) is 3.15. The lowest BCUT2D eigenvalue weighted by atomic mass is 10.1. The van der Waals surface area contributed by atoms with Gasteiger partial charge >= 0.3 is 0 Å². The standard InChI is InChI=1S/C17H15N5O3S/c1-11-4-5-12(15-6-8-19-25-15)9-16(11)26(23,24)20-10-14-13-3-2-7-18-17(13)22-21-14/h2-9,20H,10H2,1H3,(H,18,21,22). The van der Waals surface area contributed by atoms with Crippen LogP contribution in [0.2, 0.25) is 0 Å². The maximum absolute atomic E-state index is 12.8. The Balaban J connectivity index is 1.63. The quantitative estimate of drug-likeness (QED) is 0.558. The second-order valence-corrected chi connectivity index (χ2v) is 7.49. The van der Waals surface area contributed by atoms with Crippen molar-refractivity contribution >= 4 is 21.1 Å². The van der Waals surface area contributed by atoms with E-state index in [9.17, 15) is 8.42 Å². The van der Waals surface area contributed by atoms with Crippen LogP contribution in [-0.2, 0) is 16.6 Å². The number of pyridine rings is 1. The highest BCUT2D eigenvalue weighted by Gasteiger charge is 2.19. The molecule has 0 atom stereocenters. The summed E-state index contributed by atoms with van der Waals surface area (Å²) in [5.74, 6) is 0.507. The van der Waals surface area contributed by atoms with E-state index in [0.29, 0.717) is 28.2 Å². The van der Waals surface area contributed by atoms with E-state index in [1.807, 2.05) is 6.07 Å². The van der Waals surface area contributed by atoms with Gasteiger partial charge in [-0.3, -0.25) is 5.10 Å². The molecule has 0 aliphatic rings. The first-order valence-electron chi connectivity index (χ1n) is 7.84. The number of aromatic nitrogens is 4. The Morgan fingerprint density at radius 2 is 2.08 bits per heavy atom. The van der Waals surface area contributed by atoms with E-state index in [-0.39, 0.29) is 11.4 Å². The van der Waals surface area contributed by atoms with Crippen molar-refractivity contribution in [1.29, 1.82) is 0 Å². The van der Waals surface area contributed by atoms with E-state index in [1.54, 1.807) is 43.5 Å². The Morgan fingerprint density at radius 3 is 2.88 bits per heavy atom. The average Bonchev–Trinajstić information content (AvgIpc) is 3.30. The van der Waals surface area contributed by atoms with Crippen LogP contribution in [0.15, 0.2) is 58.2 Å². The van der Waals surface area contributed by atoms with Crippen molar-refractivity contribution in [1.82, 2.24) is 25.1 Å². The van der Waals surface area contributed by atoms with Crippen molar-refractivity contribution in [3.8, 4) is 11.3 Å². The van der Waals surface area contributed by atoms with E-state index >= 15 is 0 Å². The van der Waals surface area contributed by atoms with Gasteiger partial charge in [-0.25, -0.2) is 18.1 Å². The number of fused-ring (bicyclic) bond motifs is 1. The molecule has 0 saturated heterocycles. The van der Waals surface area contributed by atoms with Gasteiger partial charge in [-0.15, -0.1) is 0 Å². The molecule has 8 nitrogen and oxygen atoms in total. The fraction of sp³-hybridized carbons (Fsp3) is 0.118. The van der Waals surface area contributed by atoms with Gasteiger partial charge in [-0.2, -0.15) is 5.10 Å². The molecule has 0 spiro atoms. The van der Waals surface area contributed by atoms with E-state index in [2.05, 4.69) is 25.1 Å². The Labute approximate surface area is 149 Å². The van der Waals surface area contributed by atoms with E-state index in [0.717, 1.165) is 5.39 Å². The van der Waals surface area contributed by atoms with Crippen LogP contribution in [0.1, 0.15) is 11.3 Å². The molecule has 3 heterocycles. The van der Waals surface area contributed by atoms with Gasteiger partial charge in [-0.05, 0) is 30.7 Å². The van der Waals surface area contributed by atoms with Crippen LogP contribution in [0.5, 0.6) is 0 Å². The van der Waals surface area contributed by atoms with Crippen LogP contribution in [0.3, 0.4) is 0 Å². The lowest BCUT2D eigenvalue weighted by Gasteiger charge is -2.10. The number of sulfonamides is 1. The summed E-state index contributed by atoms with van der Waals surface area (Å²) in [4.78, 5) is 4.31. The third-order valence-corrected chi connectivity index (χ3v) is 5.59. The van der Waals surface area contributed by atoms with Crippen molar-refractivity contribution in [3.63, 3.8) is 0 Å². The number of nitrogens with one attached hydrogen (secondary N) is 2. The predicted molar refractivity (Wildman–Crippen MR) is 94.6 cm³/mol. The van der Waals surface area contributed by atoms with E-state index in [4.69, 9.17) is 4.52 Å². The number of aryl methyl sites for hydroxylation is 1. The summed E-state index contributed by atoms with van der Waals surface area (Å²) < 4.78 is 33.3. The zero-order valence-corrected chi connectivity index (χ0v) is 14.6. The fourth-order valence-corrected chi connectivity index (χ4v) is 3.95. The minimum Gasteiger partial charge on any atom is -0.356 e. The fourth-order valence-electron chi connectivity index (χ4n) is 2.69. The predicted octanol–water partition coefficient (Wildman–Crippen LogP) is 2.40. The molecule has 0 bridgehead atoms.